The summed E-state index contributed by atoms with van der Waals surface area (Å²) in [5.74, 6) is 0. The van der Waals surface area contributed by atoms with Gasteiger partial charge < -0.3 is 5.11 Å². The first kappa shape index (κ1) is 25.5. The zero-order valence-corrected chi connectivity index (χ0v) is 22.7. The van der Waals surface area contributed by atoms with Crippen LogP contribution >= 0.6 is 0 Å². The van der Waals surface area contributed by atoms with Crippen molar-refractivity contribution < 1.29 is 14.8 Å². The highest BCUT2D eigenvalue weighted by molar-refractivity contribution is 5.54. The highest BCUT2D eigenvalue weighted by Crippen LogP contribution is 2.54. The van der Waals surface area contributed by atoms with Crippen molar-refractivity contribution in [2.45, 2.75) is 29.8 Å². The van der Waals surface area contributed by atoms with Crippen molar-refractivity contribution >= 4 is 11.4 Å². The van der Waals surface area contributed by atoms with E-state index in [1.54, 1.807) is 0 Å². The Balaban J connectivity index is 1.40. The lowest BCUT2D eigenvalue weighted by Gasteiger charge is -2.36. The minimum atomic E-state index is -1.40. The highest BCUT2D eigenvalue weighted by atomic mass is 16.7. The monoisotopic (exact) mass is 540 g/mol. The van der Waals surface area contributed by atoms with E-state index in [0.29, 0.717) is 13.0 Å². The molecule has 2 aliphatic heterocycles. The lowest BCUT2D eigenvalue weighted by atomic mass is 9.75. The van der Waals surface area contributed by atoms with Crippen LogP contribution in [0.5, 0.6) is 0 Å². The molecule has 0 amide bonds. The average molecular weight is 541 g/mol. The van der Waals surface area contributed by atoms with Crippen LogP contribution in [0.15, 0.2) is 152 Å². The van der Waals surface area contributed by atoms with Crippen molar-refractivity contribution in [1.82, 2.24) is 0 Å². The van der Waals surface area contributed by atoms with Gasteiger partial charge in [0, 0.05) is 6.42 Å². The van der Waals surface area contributed by atoms with Crippen molar-refractivity contribution in [3.05, 3.63) is 168 Å². The minimum absolute atomic E-state index is 0.357. The number of benzene rings is 5. The summed E-state index contributed by atoms with van der Waals surface area (Å²) in [6.07, 6.45) is -0.437. The number of nitrogens with zero attached hydrogens (tertiary/aromatic N) is 2. The lowest BCUT2D eigenvalue weighted by molar-refractivity contribution is -0.0711. The maximum Gasteiger partial charge on any atom is 0.143 e. The van der Waals surface area contributed by atoms with Crippen LogP contribution in [0.1, 0.15) is 29.2 Å². The maximum atomic E-state index is 12.8. The molecule has 5 nitrogen and oxygen atoms in total. The second kappa shape index (κ2) is 10.5. The molecule has 7 rings (SSSR count). The van der Waals surface area contributed by atoms with E-state index in [2.05, 4.69) is 36.4 Å². The Kier molecular flexibility index (Phi) is 6.56. The Hall–Kier alpha value is -4.42. The molecule has 2 aliphatic rings. The molecule has 0 unspecified atom stereocenters. The van der Waals surface area contributed by atoms with Gasteiger partial charge in [0.15, 0.2) is 0 Å². The quantitative estimate of drug-likeness (QED) is 0.250. The molecule has 41 heavy (non-hydrogen) atoms. The van der Waals surface area contributed by atoms with Gasteiger partial charge in [-0.15, -0.1) is 0 Å². The molecular weight excluding hydrogens is 508 g/mol. The van der Waals surface area contributed by atoms with Gasteiger partial charge in [0.05, 0.1) is 17.9 Å². The van der Waals surface area contributed by atoms with Crippen LogP contribution in [-0.4, -0.2) is 23.3 Å². The molecule has 5 aromatic rings. The van der Waals surface area contributed by atoms with E-state index in [1.165, 1.54) is 0 Å². The highest BCUT2D eigenvalue weighted by Gasteiger charge is 2.63. The second-order valence-corrected chi connectivity index (χ2v) is 10.8. The topological polar surface area (TPSA) is 45.2 Å². The molecule has 0 aromatic heterocycles. The van der Waals surface area contributed by atoms with Gasteiger partial charge in [-0.25, -0.2) is 5.06 Å². The summed E-state index contributed by atoms with van der Waals surface area (Å²) >= 11 is 0. The summed E-state index contributed by atoms with van der Waals surface area (Å²) in [7, 11) is 0. The van der Waals surface area contributed by atoms with E-state index in [-0.39, 0.29) is 6.10 Å². The van der Waals surface area contributed by atoms with E-state index >= 15 is 0 Å². The summed E-state index contributed by atoms with van der Waals surface area (Å²) in [6, 6.07) is 50.3. The molecule has 1 N–H and O–H groups in total. The zero-order valence-electron chi connectivity index (χ0n) is 22.7. The van der Waals surface area contributed by atoms with Crippen molar-refractivity contribution in [1.29, 1.82) is 0 Å². The van der Waals surface area contributed by atoms with E-state index < -0.39 is 17.2 Å². The summed E-state index contributed by atoms with van der Waals surface area (Å²) in [6.45, 7) is 0.543. The maximum absolute atomic E-state index is 12.8. The van der Waals surface area contributed by atoms with Crippen LogP contribution in [0.3, 0.4) is 0 Å². The molecule has 1 spiro atoms. The van der Waals surface area contributed by atoms with E-state index in [1.807, 2.05) is 125 Å². The molecule has 0 bridgehead atoms. The van der Waals surface area contributed by atoms with Gasteiger partial charge in [0.1, 0.15) is 23.3 Å². The van der Waals surface area contributed by atoms with Gasteiger partial charge in [0.2, 0.25) is 0 Å². The van der Waals surface area contributed by atoms with Crippen LogP contribution in [0, 0.1) is 0 Å². The Bertz CT molecular complexity index is 1530. The Labute approximate surface area is 240 Å². The van der Waals surface area contributed by atoms with E-state index in [4.69, 9.17) is 9.68 Å². The molecular formula is C36H32N2O3. The minimum Gasteiger partial charge on any atom is -0.378 e. The summed E-state index contributed by atoms with van der Waals surface area (Å²) < 4.78 is 0. The van der Waals surface area contributed by atoms with E-state index in [0.717, 1.165) is 28.1 Å². The third-order valence-corrected chi connectivity index (χ3v) is 8.35. The predicted octanol–water partition coefficient (Wildman–Crippen LogP) is 7.06. The number of aliphatic hydroxyl groups is 1. The van der Waals surface area contributed by atoms with Crippen molar-refractivity contribution in [3.8, 4) is 0 Å². The number of anilines is 2. The van der Waals surface area contributed by atoms with Crippen molar-refractivity contribution in [3.63, 3.8) is 0 Å². The Morgan fingerprint density at radius 3 is 1.59 bits per heavy atom. The van der Waals surface area contributed by atoms with Gasteiger partial charge in [-0.3, -0.25) is 14.7 Å². The molecule has 0 aliphatic carbocycles. The first-order valence-corrected chi connectivity index (χ1v) is 14.1. The predicted molar refractivity (Wildman–Crippen MR) is 161 cm³/mol. The summed E-state index contributed by atoms with van der Waals surface area (Å²) in [4.78, 5) is 13.8. The van der Waals surface area contributed by atoms with E-state index in [9.17, 15) is 5.11 Å². The van der Waals surface area contributed by atoms with Crippen LogP contribution in [0.4, 0.5) is 11.4 Å². The van der Waals surface area contributed by atoms with Gasteiger partial charge in [-0.1, -0.05) is 127 Å². The first-order chi connectivity index (χ1) is 20.2. The van der Waals surface area contributed by atoms with Gasteiger partial charge >= 0.3 is 0 Å². The zero-order chi connectivity index (χ0) is 27.7. The van der Waals surface area contributed by atoms with Crippen LogP contribution in [0.25, 0.3) is 0 Å². The van der Waals surface area contributed by atoms with Gasteiger partial charge in [0.25, 0.3) is 0 Å². The van der Waals surface area contributed by atoms with Gasteiger partial charge in [-0.05, 0) is 41.0 Å². The molecule has 2 heterocycles. The number of para-hydroxylation sites is 2. The SMILES string of the molecule is OC(c1ccccc1)(c1ccccc1)[C@H]1C[C@@]2(CN(c3ccccc3)O[C@@H]2c2ccccc2)N(c2ccccc2)O1. The van der Waals surface area contributed by atoms with Crippen LogP contribution in [-0.2, 0) is 15.3 Å². The molecule has 204 valence electrons. The molecule has 2 fully saturated rings. The summed E-state index contributed by atoms with van der Waals surface area (Å²) in [5.41, 5.74) is 2.47. The van der Waals surface area contributed by atoms with Gasteiger partial charge in [-0.2, -0.15) is 0 Å². The number of hydrogen-bond acceptors (Lipinski definition) is 5. The lowest BCUT2D eigenvalue weighted by Crippen LogP contribution is -2.49. The number of rotatable bonds is 6. The summed E-state index contributed by atoms with van der Waals surface area (Å²) in [5, 5.41) is 16.8. The fourth-order valence-corrected chi connectivity index (χ4v) is 6.38. The van der Waals surface area contributed by atoms with Crippen LogP contribution in [0.2, 0.25) is 0 Å². The molecule has 5 heteroatoms. The number of hydrogen-bond donors (Lipinski definition) is 1. The molecule has 5 aromatic carbocycles. The fourth-order valence-electron chi connectivity index (χ4n) is 6.38. The fraction of sp³-hybridized carbons (Fsp3) is 0.167. The smallest absolute Gasteiger partial charge is 0.143 e. The Morgan fingerprint density at radius 1 is 0.585 bits per heavy atom. The van der Waals surface area contributed by atoms with Crippen molar-refractivity contribution in [2.75, 3.05) is 16.7 Å². The van der Waals surface area contributed by atoms with Crippen molar-refractivity contribution in [2.24, 2.45) is 0 Å². The third-order valence-electron chi connectivity index (χ3n) is 8.35. The molecule has 3 atom stereocenters. The normalized spacial score (nSPS) is 22.4. The molecule has 0 saturated carbocycles. The Morgan fingerprint density at radius 2 is 1.05 bits per heavy atom. The van der Waals surface area contributed by atoms with Crippen LogP contribution < -0.4 is 10.1 Å². The largest absolute Gasteiger partial charge is 0.378 e. The standard InChI is InChI=1S/C36H32N2O3/c39-36(29-18-8-2-9-19-29,30-20-10-3-11-21-30)33-26-35(38(40-33)32-24-14-5-15-25-32)27-37(31-22-12-4-13-23-31)41-34(35)28-16-6-1-7-17-28/h1-25,33-34,39H,26-27H2/t33-,34-,35+/m1/s1. The molecule has 0 radical (unpaired) electrons. The third kappa shape index (κ3) is 4.39. The number of hydroxylamine groups is 2. The first-order valence-electron chi connectivity index (χ1n) is 14.1. The average Bonchev–Trinajstić information content (AvgIpc) is 3.64. The molecule has 2 saturated heterocycles. The second-order valence-electron chi connectivity index (χ2n) is 10.8.